The zero-order chi connectivity index (χ0) is 18.3. The van der Waals surface area contributed by atoms with Crippen molar-refractivity contribution in [2.45, 2.75) is 17.9 Å². The van der Waals surface area contributed by atoms with Crippen LogP contribution < -0.4 is 14.8 Å². The molecule has 6 nitrogen and oxygen atoms in total. The van der Waals surface area contributed by atoms with Crippen LogP contribution in [0.15, 0.2) is 47.4 Å². The molecule has 0 unspecified atom stereocenters. The summed E-state index contributed by atoms with van der Waals surface area (Å²) in [6.45, 7) is 1.36. The SMILES string of the molecule is COc1cc2c3c(n(S(=O)(=O)c4ccccc4)c2cc1OC)CCNC3. The van der Waals surface area contributed by atoms with E-state index in [1.165, 1.54) is 3.97 Å². The number of hydrogen-bond acceptors (Lipinski definition) is 5. The van der Waals surface area contributed by atoms with Crippen LogP contribution in [0.25, 0.3) is 10.9 Å². The Morgan fingerprint density at radius 1 is 1.04 bits per heavy atom. The van der Waals surface area contributed by atoms with Gasteiger partial charge in [-0.05, 0) is 23.8 Å². The van der Waals surface area contributed by atoms with Crippen LogP contribution in [0.2, 0.25) is 0 Å². The summed E-state index contributed by atoms with van der Waals surface area (Å²) in [6, 6.07) is 12.1. The molecule has 3 aromatic rings. The maximum atomic E-state index is 13.4. The van der Waals surface area contributed by atoms with Gasteiger partial charge in [0.25, 0.3) is 10.0 Å². The second-order valence-electron chi connectivity index (χ2n) is 6.16. The van der Waals surface area contributed by atoms with Gasteiger partial charge in [0, 0.05) is 36.7 Å². The lowest BCUT2D eigenvalue weighted by Gasteiger charge is -2.17. The molecule has 26 heavy (non-hydrogen) atoms. The van der Waals surface area contributed by atoms with Gasteiger partial charge in [-0.1, -0.05) is 18.2 Å². The van der Waals surface area contributed by atoms with Gasteiger partial charge < -0.3 is 14.8 Å². The van der Waals surface area contributed by atoms with Gasteiger partial charge in [0.05, 0.1) is 24.6 Å². The maximum absolute atomic E-state index is 13.4. The first-order valence-corrected chi connectivity index (χ1v) is 9.81. The van der Waals surface area contributed by atoms with Gasteiger partial charge >= 0.3 is 0 Å². The van der Waals surface area contributed by atoms with E-state index < -0.39 is 10.0 Å². The molecule has 7 heteroatoms. The molecule has 136 valence electrons. The minimum atomic E-state index is -3.72. The van der Waals surface area contributed by atoms with Crippen molar-refractivity contribution in [3.05, 3.63) is 53.7 Å². The number of nitrogens with zero attached hydrogens (tertiary/aromatic N) is 1. The van der Waals surface area contributed by atoms with Crippen LogP contribution in [0.3, 0.4) is 0 Å². The van der Waals surface area contributed by atoms with Crippen molar-refractivity contribution in [3.63, 3.8) is 0 Å². The highest BCUT2D eigenvalue weighted by molar-refractivity contribution is 7.90. The van der Waals surface area contributed by atoms with E-state index in [0.29, 0.717) is 30.0 Å². The Bertz CT molecular complexity index is 1070. The summed E-state index contributed by atoms with van der Waals surface area (Å²) in [4.78, 5) is 0.271. The third kappa shape index (κ3) is 2.47. The van der Waals surface area contributed by atoms with Gasteiger partial charge in [-0.15, -0.1) is 0 Å². The van der Waals surface area contributed by atoms with Crippen molar-refractivity contribution >= 4 is 20.9 Å². The predicted octanol–water partition coefficient (Wildman–Crippen LogP) is 2.54. The lowest BCUT2D eigenvalue weighted by atomic mass is 10.1. The largest absolute Gasteiger partial charge is 0.493 e. The first-order valence-electron chi connectivity index (χ1n) is 8.37. The Morgan fingerprint density at radius 3 is 2.42 bits per heavy atom. The van der Waals surface area contributed by atoms with Crippen molar-refractivity contribution in [1.29, 1.82) is 0 Å². The highest BCUT2D eigenvalue weighted by Crippen LogP contribution is 2.39. The first kappa shape index (κ1) is 16.9. The molecule has 1 aliphatic heterocycles. The minimum Gasteiger partial charge on any atom is -0.493 e. The van der Waals surface area contributed by atoms with Crippen molar-refractivity contribution < 1.29 is 17.9 Å². The fourth-order valence-electron chi connectivity index (χ4n) is 3.54. The summed E-state index contributed by atoms with van der Waals surface area (Å²) in [7, 11) is -0.594. The van der Waals surface area contributed by atoms with E-state index in [2.05, 4.69) is 5.32 Å². The Morgan fingerprint density at radius 2 is 1.73 bits per heavy atom. The van der Waals surface area contributed by atoms with Crippen molar-refractivity contribution in [1.82, 2.24) is 9.29 Å². The fraction of sp³-hybridized carbons (Fsp3) is 0.263. The van der Waals surface area contributed by atoms with Crippen LogP contribution in [0.1, 0.15) is 11.3 Å². The third-order valence-electron chi connectivity index (χ3n) is 4.76. The fourth-order valence-corrected chi connectivity index (χ4v) is 5.16. The third-order valence-corrected chi connectivity index (χ3v) is 6.53. The summed E-state index contributed by atoms with van der Waals surface area (Å²) >= 11 is 0. The molecular formula is C19H20N2O4S. The summed E-state index contributed by atoms with van der Waals surface area (Å²) in [5.74, 6) is 1.09. The monoisotopic (exact) mass is 372 g/mol. The molecule has 2 heterocycles. The van der Waals surface area contributed by atoms with Crippen LogP contribution in [-0.4, -0.2) is 33.2 Å². The summed E-state index contributed by atoms with van der Waals surface area (Å²) in [5, 5.41) is 4.19. The lowest BCUT2D eigenvalue weighted by molar-refractivity contribution is 0.356. The Balaban J connectivity index is 2.09. The molecule has 2 aromatic carbocycles. The molecule has 0 spiro atoms. The van der Waals surface area contributed by atoms with E-state index in [0.717, 1.165) is 23.2 Å². The second kappa shape index (κ2) is 6.34. The number of fused-ring (bicyclic) bond motifs is 3. The zero-order valence-corrected chi connectivity index (χ0v) is 15.5. The number of methoxy groups -OCH3 is 2. The summed E-state index contributed by atoms with van der Waals surface area (Å²) < 4.78 is 39.1. The van der Waals surface area contributed by atoms with Crippen LogP contribution in [-0.2, 0) is 23.0 Å². The minimum absolute atomic E-state index is 0.271. The second-order valence-corrected chi connectivity index (χ2v) is 7.95. The van der Waals surface area contributed by atoms with Gasteiger partial charge in [0.1, 0.15) is 0 Å². The number of nitrogens with one attached hydrogen (secondary N) is 1. The molecule has 0 aliphatic carbocycles. The maximum Gasteiger partial charge on any atom is 0.268 e. The predicted molar refractivity (Wildman–Crippen MR) is 99.5 cm³/mol. The summed E-state index contributed by atoms with van der Waals surface area (Å²) in [6.07, 6.45) is 0.640. The van der Waals surface area contributed by atoms with Gasteiger partial charge in [0.15, 0.2) is 11.5 Å². The molecule has 0 radical (unpaired) electrons. The molecule has 0 saturated heterocycles. The molecular weight excluding hydrogens is 352 g/mol. The lowest BCUT2D eigenvalue weighted by Crippen LogP contribution is -2.26. The van der Waals surface area contributed by atoms with Gasteiger partial charge in [0.2, 0.25) is 0 Å². The molecule has 0 amide bonds. The molecule has 1 aromatic heterocycles. The Hall–Kier alpha value is -2.51. The van der Waals surface area contributed by atoms with Gasteiger partial charge in [-0.25, -0.2) is 12.4 Å². The summed E-state index contributed by atoms with van der Waals surface area (Å²) in [5.41, 5.74) is 2.42. The van der Waals surface area contributed by atoms with Crippen molar-refractivity contribution in [2.75, 3.05) is 20.8 Å². The van der Waals surface area contributed by atoms with E-state index in [1.54, 1.807) is 50.6 Å². The first-order chi connectivity index (χ1) is 12.6. The van der Waals surface area contributed by atoms with Crippen LogP contribution in [0.5, 0.6) is 11.5 Å². The van der Waals surface area contributed by atoms with E-state index in [4.69, 9.17) is 9.47 Å². The van der Waals surface area contributed by atoms with Crippen LogP contribution >= 0.6 is 0 Å². The average molecular weight is 372 g/mol. The van der Waals surface area contributed by atoms with Crippen LogP contribution in [0.4, 0.5) is 0 Å². The van der Waals surface area contributed by atoms with E-state index in [-0.39, 0.29) is 4.90 Å². The quantitative estimate of drug-likeness (QED) is 0.762. The standard InChI is InChI=1S/C19H20N2O4S/c1-24-18-10-14-15-12-20-9-8-16(15)21(17(14)11-19(18)25-2)26(22,23)13-6-4-3-5-7-13/h3-7,10-11,20H,8-9,12H2,1-2H3. The molecule has 0 saturated carbocycles. The highest BCUT2D eigenvalue weighted by atomic mass is 32.2. The van der Waals surface area contributed by atoms with E-state index in [1.807, 2.05) is 6.07 Å². The Kier molecular flexibility index (Phi) is 4.13. The number of benzene rings is 2. The van der Waals surface area contributed by atoms with Crippen molar-refractivity contribution in [2.24, 2.45) is 0 Å². The number of aromatic nitrogens is 1. The molecule has 4 rings (SSSR count). The van der Waals surface area contributed by atoms with E-state index in [9.17, 15) is 8.42 Å². The Labute approximate surface area is 152 Å². The molecule has 1 N–H and O–H groups in total. The molecule has 0 bridgehead atoms. The molecule has 1 aliphatic rings. The van der Waals surface area contributed by atoms with E-state index >= 15 is 0 Å². The molecule has 0 fully saturated rings. The van der Waals surface area contributed by atoms with Crippen molar-refractivity contribution in [3.8, 4) is 11.5 Å². The number of hydrogen-bond donors (Lipinski definition) is 1. The zero-order valence-electron chi connectivity index (χ0n) is 14.7. The smallest absolute Gasteiger partial charge is 0.268 e. The highest BCUT2D eigenvalue weighted by Gasteiger charge is 2.29. The average Bonchev–Trinajstić information content (AvgIpc) is 3.01. The van der Waals surface area contributed by atoms with Gasteiger partial charge in [-0.3, -0.25) is 0 Å². The van der Waals surface area contributed by atoms with Crippen LogP contribution in [0, 0.1) is 0 Å². The number of rotatable bonds is 4. The topological polar surface area (TPSA) is 69.6 Å². The number of ether oxygens (including phenoxy) is 2. The normalized spacial score (nSPS) is 14.2. The van der Waals surface area contributed by atoms with Gasteiger partial charge in [-0.2, -0.15) is 0 Å². The molecule has 0 atom stereocenters.